The van der Waals surface area contributed by atoms with Gasteiger partial charge in [0.1, 0.15) is 22.2 Å². The first-order chi connectivity index (χ1) is 25.1. The molecule has 0 spiro atoms. The molecular formula is C32H32ClF6N7O8. The lowest BCUT2D eigenvalue weighted by molar-refractivity contribution is -0.193. The number of alkyl halides is 6. The van der Waals surface area contributed by atoms with Crippen LogP contribution in [0, 0.1) is 19.3 Å². The molecule has 8 N–H and O–H groups in total. The number of nitrogens with one attached hydrogen (secondary N) is 4. The Hall–Kier alpha value is -5.86. The number of carboxylic acid groups (broad SMARTS) is 2. The third-order valence-corrected chi connectivity index (χ3v) is 7.89. The maximum absolute atomic E-state index is 12.8. The molecular weight excluding hydrogens is 760 g/mol. The first-order valence-electron chi connectivity index (χ1n) is 15.5. The summed E-state index contributed by atoms with van der Waals surface area (Å²) >= 11 is 5.99. The van der Waals surface area contributed by atoms with Gasteiger partial charge in [0.05, 0.1) is 5.52 Å². The third kappa shape index (κ3) is 12.1. The van der Waals surface area contributed by atoms with Crippen molar-refractivity contribution in [2.24, 2.45) is 5.73 Å². The summed E-state index contributed by atoms with van der Waals surface area (Å²) in [5, 5.41) is 32.7. The molecule has 15 nitrogen and oxygen atoms in total. The predicted molar refractivity (Wildman–Crippen MR) is 183 cm³/mol. The zero-order valence-electron chi connectivity index (χ0n) is 28.1. The minimum Gasteiger partial charge on any atom is -0.484 e. The maximum atomic E-state index is 12.8. The van der Waals surface area contributed by atoms with Gasteiger partial charge in [-0.2, -0.15) is 31.3 Å². The van der Waals surface area contributed by atoms with E-state index >= 15 is 0 Å². The summed E-state index contributed by atoms with van der Waals surface area (Å²) in [5.74, 6) is -4.96. The van der Waals surface area contributed by atoms with Crippen LogP contribution in [0.1, 0.15) is 36.8 Å². The lowest BCUT2D eigenvalue weighted by Gasteiger charge is -2.33. The van der Waals surface area contributed by atoms with E-state index in [1.165, 1.54) is 0 Å². The zero-order chi connectivity index (χ0) is 40.5. The molecule has 0 saturated heterocycles. The van der Waals surface area contributed by atoms with E-state index in [9.17, 15) is 35.9 Å². The van der Waals surface area contributed by atoms with Gasteiger partial charge in [0, 0.05) is 28.9 Å². The lowest BCUT2D eigenvalue weighted by Crippen LogP contribution is -2.50. The van der Waals surface area contributed by atoms with Crippen LogP contribution in [-0.4, -0.2) is 75.0 Å². The van der Waals surface area contributed by atoms with Gasteiger partial charge in [-0.3, -0.25) is 15.5 Å². The number of fused-ring (bicyclic) bond motifs is 2. The van der Waals surface area contributed by atoms with Gasteiger partial charge in [0.2, 0.25) is 5.95 Å². The monoisotopic (exact) mass is 791 g/mol. The highest BCUT2D eigenvalue weighted by Gasteiger charge is 2.39. The van der Waals surface area contributed by atoms with E-state index in [0.29, 0.717) is 33.6 Å². The number of rotatable bonds is 7. The molecule has 5 rings (SSSR count). The fourth-order valence-electron chi connectivity index (χ4n) is 4.97. The highest BCUT2D eigenvalue weighted by molar-refractivity contribution is 6.31. The van der Waals surface area contributed by atoms with Gasteiger partial charge >= 0.3 is 29.9 Å². The number of ether oxygens (including phenoxy) is 1. The molecule has 1 amide bonds. The van der Waals surface area contributed by atoms with Crippen molar-refractivity contribution < 1.29 is 60.1 Å². The quantitative estimate of drug-likeness (QED) is 0.0530. The second-order valence-electron chi connectivity index (χ2n) is 11.5. The molecule has 2 atom stereocenters. The lowest BCUT2D eigenvalue weighted by atomic mass is 9.90. The van der Waals surface area contributed by atoms with E-state index in [2.05, 4.69) is 25.9 Å². The van der Waals surface area contributed by atoms with E-state index in [1.54, 1.807) is 25.1 Å². The van der Waals surface area contributed by atoms with Crippen molar-refractivity contribution in [3.8, 4) is 5.75 Å². The molecule has 0 bridgehead atoms. The number of halogens is 7. The number of guanidine groups is 1. The molecule has 292 valence electrons. The zero-order valence-corrected chi connectivity index (χ0v) is 28.9. The van der Waals surface area contributed by atoms with Crippen LogP contribution < -0.4 is 32.0 Å². The molecule has 2 aromatic carbocycles. The van der Waals surface area contributed by atoms with Crippen molar-refractivity contribution in [1.82, 2.24) is 15.3 Å². The normalized spacial score (nSPS) is 15.5. The summed E-state index contributed by atoms with van der Waals surface area (Å²) in [5.41, 5.74) is 7.64. The van der Waals surface area contributed by atoms with Crippen molar-refractivity contribution in [3.63, 3.8) is 0 Å². The Kier molecular flexibility index (Phi) is 14.0. The van der Waals surface area contributed by atoms with Gasteiger partial charge in [-0.15, -0.1) is 0 Å². The highest BCUT2D eigenvalue weighted by atomic mass is 35.5. The molecule has 2 aromatic heterocycles. The van der Waals surface area contributed by atoms with Crippen molar-refractivity contribution in [2.45, 2.75) is 64.0 Å². The number of carbonyl (C=O) groups is 3. The summed E-state index contributed by atoms with van der Waals surface area (Å²) in [6, 6.07) is 10.7. The molecule has 4 aromatic rings. The topological polar surface area (TPSA) is 243 Å². The Morgan fingerprint density at radius 3 is 2.13 bits per heavy atom. The summed E-state index contributed by atoms with van der Waals surface area (Å²) < 4.78 is 74.4. The average Bonchev–Trinajstić information content (AvgIpc) is 3.07. The predicted octanol–water partition coefficient (Wildman–Crippen LogP) is 5.50. The Bertz CT molecular complexity index is 2070. The Balaban J connectivity index is 0.000000476. The highest BCUT2D eigenvalue weighted by Crippen LogP contribution is 2.29. The van der Waals surface area contributed by atoms with Crippen LogP contribution in [0.4, 0.5) is 38.1 Å². The van der Waals surface area contributed by atoms with Crippen LogP contribution in [0.25, 0.3) is 21.9 Å². The Morgan fingerprint density at radius 2 is 1.56 bits per heavy atom. The van der Waals surface area contributed by atoms with Gasteiger partial charge in [-0.1, -0.05) is 36.1 Å². The van der Waals surface area contributed by atoms with E-state index in [4.69, 9.17) is 51.7 Å². The van der Waals surface area contributed by atoms with Crippen molar-refractivity contribution in [3.05, 3.63) is 63.0 Å². The van der Waals surface area contributed by atoms with Crippen molar-refractivity contribution >= 4 is 69.0 Å². The van der Waals surface area contributed by atoms with E-state index in [1.807, 2.05) is 25.1 Å². The number of nitrogens with two attached hydrogens (primary N) is 1. The van der Waals surface area contributed by atoms with Crippen LogP contribution in [0.5, 0.6) is 5.75 Å². The number of hydrogen-bond acceptors (Lipinski definition) is 10. The number of aromatic nitrogens is 2. The second kappa shape index (κ2) is 17.8. The molecule has 0 aliphatic heterocycles. The SMILES string of the molecule is Cc1ccc2nc(NC(=O)COc3ccc4c(C)c(Cl)c(=O)oc4c3)nc(NC3CCCCC3NC(=N)N)c2c1.O=C(O)C(F)(F)F.O=C(O)C(F)(F)F. The minimum atomic E-state index is -5.08. The number of aryl methyl sites for hydroxylation is 2. The van der Waals surface area contributed by atoms with Gasteiger partial charge in [-0.25, -0.2) is 19.4 Å². The molecule has 0 radical (unpaired) electrons. The van der Waals surface area contributed by atoms with Crippen molar-refractivity contribution in [1.29, 1.82) is 5.41 Å². The van der Waals surface area contributed by atoms with Crippen molar-refractivity contribution in [2.75, 3.05) is 17.2 Å². The molecule has 1 aliphatic carbocycles. The molecule has 1 aliphatic rings. The van der Waals surface area contributed by atoms with E-state index in [0.717, 1.165) is 36.6 Å². The van der Waals surface area contributed by atoms with E-state index < -0.39 is 35.8 Å². The number of carboxylic acids is 2. The second-order valence-corrected chi connectivity index (χ2v) is 11.9. The molecule has 1 saturated carbocycles. The largest absolute Gasteiger partial charge is 0.490 e. The van der Waals surface area contributed by atoms with Crippen LogP contribution in [0.2, 0.25) is 5.02 Å². The van der Waals surface area contributed by atoms with Gasteiger partial charge in [-0.05, 0) is 56.5 Å². The van der Waals surface area contributed by atoms with Gasteiger partial charge < -0.3 is 35.7 Å². The first-order valence-corrected chi connectivity index (χ1v) is 15.9. The van der Waals surface area contributed by atoms with Gasteiger partial charge in [0.15, 0.2) is 12.6 Å². The number of aliphatic carboxylic acids is 2. The summed E-state index contributed by atoms with van der Waals surface area (Å²) in [4.78, 5) is 51.7. The Morgan fingerprint density at radius 1 is 0.963 bits per heavy atom. The van der Waals surface area contributed by atoms with Crippen LogP contribution in [0.3, 0.4) is 0 Å². The molecule has 2 unspecified atom stereocenters. The number of benzene rings is 2. The first kappa shape index (κ1) is 42.6. The van der Waals surface area contributed by atoms with Crippen LogP contribution >= 0.6 is 11.6 Å². The fourth-order valence-corrected chi connectivity index (χ4v) is 5.11. The summed E-state index contributed by atoms with van der Waals surface area (Å²) in [6.45, 7) is 3.41. The van der Waals surface area contributed by atoms with Crippen LogP contribution in [-0.2, 0) is 14.4 Å². The number of amides is 1. The molecule has 1 fully saturated rings. The third-order valence-electron chi connectivity index (χ3n) is 7.45. The fraction of sp³-hybridized carbons (Fsp3) is 0.344. The van der Waals surface area contributed by atoms with Crippen LogP contribution in [0.15, 0.2) is 45.6 Å². The van der Waals surface area contributed by atoms with Gasteiger partial charge in [0.25, 0.3) is 5.91 Å². The Labute approximate surface area is 305 Å². The molecule has 22 heteroatoms. The summed E-state index contributed by atoms with van der Waals surface area (Å²) in [6.07, 6.45) is -6.31. The summed E-state index contributed by atoms with van der Waals surface area (Å²) in [7, 11) is 0. The minimum absolute atomic E-state index is 0.00498. The van der Waals surface area contributed by atoms with E-state index in [-0.39, 0.29) is 35.6 Å². The maximum Gasteiger partial charge on any atom is 0.490 e. The number of nitrogens with zero attached hydrogens (tertiary/aromatic N) is 2. The number of anilines is 2. The number of carbonyl (C=O) groups excluding carboxylic acids is 1. The smallest absolute Gasteiger partial charge is 0.484 e. The average molecular weight is 792 g/mol. The standard InChI is InChI=1S/C28H30ClN7O4.2C2HF3O2/c1-14-7-10-19-18(11-14)25(32-20-5-3-4-6-21(20)33-27(30)31)36-28(34-19)35-23(37)13-39-16-8-9-17-15(2)24(29)26(38)40-22(17)12-16;2*3-2(4,5)1(6)7/h7-12,20-21H,3-6,13H2,1-2H3,(H4,30,31,33)(H2,32,34,35,36,37);2*(H,6,7). The molecule has 2 heterocycles. The molecule has 54 heavy (non-hydrogen) atoms. The number of hydrogen-bond donors (Lipinski definition) is 7.